The molecule has 0 fully saturated rings. The first-order chi connectivity index (χ1) is 17.2. The number of nitrogens with zero attached hydrogens (tertiary/aromatic N) is 2. The molecule has 5 aromatic carbocycles. The normalized spacial score (nSPS) is 12.0. The molecule has 168 valence electrons. The first kappa shape index (κ1) is 20.1. The molecule has 0 saturated carbocycles. The zero-order valence-corrected chi connectivity index (χ0v) is 19.9. The second kappa shape index (κ2) is 7.61. The molecule has 0 aliphatic carbocycles. The van der Waals surface area contributed by atoms with Crippen LogP contribution in [0.1, 0.15) is 19.9 Å². The van der Waals surface area contributed by atoms with Gasteiger partial charge in [0.2, 0.25) is 0 Å². The Bertz CT molecular complexity index is 1870. The summed E-state index contributed by atoms with van der Waals surface area (Å²) in [5.74, 6) is 0. The molecule has 0 saturated heterocycles. The largest absolute Gasteiger partial charge is 0.338 e. The second-order valence-electron chi connectivity index (χ2n) is 9.63. The zero-order valence-electron chi connectivity index (χ0n) is 19.9. The summed E-state index contributed by atoms with van der Waals surface area (Å²) >= 11 is 0. The maximum atomic E-state index is 2.45. The summed E-state index contributed by atoms with van der Waals surface area (Å²) in [4.78, 5) is 0. The Labute approximate surface area is 204 Å². The lowest BCUT2D eigenvalue weighted by Gasteiger charge is -2.12. The van der Waals surface area contributed by atoms with Gasteiger partial charge in [-0.3, -0.25) is 0 Å². The summed E-state index contributed by atoms with van der Waals surface area (Å²) in [5.41, 5.74) is 8.76. The van der Waals surface area contributed by atoms with Crippen molar-refractivity contribution in [1.82, 2.24) is 9.13 Å². The molecule has 2 nitrogen and oxygen atoms in total. The Morgan fingerprint density at radius 3 is 1.63 bits per heavy atom. The molecule has 0 aliphatic heterocycles. The molecule has 2 aromatic heterocycles. The summed E-state index contributed by atoms with van der Waals surface area (Å²) < 4.78 is 4.82. The van der Waals surface area contributed by atoms with Gasteiger partial charge in [0, 0.05) is 44.3 Å². The van der Waals surface area contributed by atoms with Crippen molar-refractivity contribution in [2.24, 2.45) is 0 Å². The summed E-state index contributed by atoms with van der Waals surface area (Å²) in [6.45, 7) is 4.52. The second-order valence-corrected chi connectivity index (χ2v) is 9.63. The standard InChI is InChI=1S/C33H26N2/c1-22(2)34-30-14-8-6-12-26(30)28-20-23(16-18-32(28)34)24-17-19-33-29(21-24)27-13-7-9-15-31(27)35(33)25-10-4-3-5-11-25/h3-22H,1-2H3. The summed E-state index contributed by atoms with van der Waals surface area (Å²) in [5, 5.41) is 5.20. The van der Waals surface area contributed by atoms with Crippen molar-refractivity contribution in [2.75, 3.05) is 0 Å². The minimum Gasteiger partial charge on any atom is -0.338 e. The Kier molecular flexibility index (Phi) is 4.37. The fraction of sp³-hybridized carbons (Fsp3) is 0.0909. The maximum Gasteiger partial charge on any atom is 0.0541 e. The number of fused-ring (bicyclic) bond motifs is 6. The lowest BCUT2D eigenvalue weighted by molar-refractivity contribution is 0.642. The highest BCUT2D eigenvalue weighted by Crippen LogP contribution is 2.37. The fourth-order valence-electron chi connectivity index (χ4n) is 5.75. The van der Waals surface area contributed by atoms with Crippen molar-refractivity contribution in [3.63, 3.8) is 0 Å². The summed E-state index contributed by atoms with van der Waals surface area (Å²) in [7, 11) is 0. The highest BCUT2D eigenvalue weighted by molar-refractivity contribution is 6.12. The van der Waals surface area contributed by atoms with E-state index in [1.807, 2.05) is 0 Å². The molecule has 0 spiro atoms. The van der Waals surface area contributed by atoms with Crippen LogP contribution in [0.3, 0.4) is 0 Å². The third-order valence-corrected chi connectivity index (χ3v) is 7.25. The number of hydrogen-bond donors (Lipinski definition) is 0. The van der Waals surface area contributed by atoms with Crippen LogP contribution in [0.5, 0.6) is 0 Å². The first-order valence-electron chi connectivity index (χ1n) is 12.3. The monoisotopic (exact) mass is 450 g/mol. The van der Waals surface area contributed by atoms with E-state index in [4.69, 9.17) is 0 Å². The van der Waals surface area contributed by atoms with Crippen molar-refractivity contribution in [2.45, 2.75) is 19.9 Å². The van der Waals surface area contributed by atoms with Gasteiger partial charge in [-0.15, -0.1) is 0 Å². The van der Waals surface area contributed by atoms with E-state index in [-0.39, 0.29) is 0 Å². The van der Waals surface area contributed by atoms with Crippen molar-refractivity contribution in [3.05, 3.63) is 115 Å². The molecule has 0 aliphatic rings. The molecule has 7 aromatic rings. The van der Waals surface area contributed by atoms with Crippen LogP contribution < -0.4 is 0 Å². The lowest BCUT2D eigenvalue weighted by Crippen LogP contribution is -1.99. The highest BCUT2D eigenvalue weighted by atomic mass is 15.0. The molecule has 0 N–H and O–H groups in total. The van der Waals surface area contributed by atoms with Crippen molar-refractivity contribution in [3.8, 4) is 16.8 Å². The zero-order chi connectivity index (χ0) is 23.5. The summed E-state index contributed by atoms with van der Waals surface area (Å²) in [6, 6.07) is 42.4. The minimum absolute atomic E-state index is 0.406. The molecular weight excluding hydrogens is 424 g/mol. The van der Waals surface area contributed by atoms with Crippen LogP contribution in [0.15, 0.2) is 115 Å². The van der Waals surface area contributed by atoms with E-state index in [9.17, 15) is 0 Å². The predicted octanol–water partition coefficient (Wildman–Crippen LogP) is 9.14. The van der Waals surface area contributed by atoms with Gasteiger partial charge in [0.1, 0.15) is 0 Å². The average molecular weight is 451 g/mol. The van der Waals surface area contributed by atoms with Crippen LogP contribution in [0.2, 0.25) is 0 Å². The van der Waals surface area contributed by atoms with Crippen LogP contribution in [0, 0.1) is 0 Å². The van der Waals surface area contributed by atoms with Crippen LogP contribution in [0.25, 0.3) is 60.4 Å². The average Bonchev–Trinajstić information content (AvgIpc) is 3.41. The minimum atomic E-state index is 0.406. The third-order valence-electron chi connectivity index (χ3n) is 7.25. The summed E-state index contributed by atoms with van der Waals surface area (Å²) in [6.07, 6.45) is 0. The molecule has 0 amide bonds. The Morgan fingerprint density at radius 2 is 0.943 bits per heavy atom. The van der Waals surface area contributed by atoms with E-state index < -0.39 is 0 Å². The van der Waals surface area contributed by atoms with Crippen LogP contribution in [-0.2, 0) is 0 Å². The maximum absolute atomic E-state index is 2.45. The van der Waals surface area contributed by atoms with E-state index >= 15 is 0 Å². The van der Waals surface area contributed by atoms with Gasteiger partial charge in [-0.25, -0.2) is 0 Å². The quantitative estimate of drug-likeness (QED) is 0.254. The van der Waals surface area contributed by atoms with Crippen molar-refractivity contribution < 1.29 is 0 Å². The van der Waals surface area contributed by atoms with Gasteiger partial charge in [0.15, 0.2) is 0 Å². The van der Waals surface area contributed by atoms with Crippen molar-refractivity contribution in [1.29, 1.82) is 0 Å². The van der Waals surface area contributed by atoms with Gasteiger partial charge in [0.05, 0.1) is 11.0 Å². The molecule has 35 heavy (non-hydrogen) atoms. The van der Waals surface area contributed by atoms with E-state index in [0.29, 0.717) is 6.04 Å². The number of hydrogen-bond acceptors (Lipinski definition) is 0. The number of aromatic nitrogens is 2. The van der Waals surface area contributed by atoms with E-state index in [1.165, 1.54) is 60.4 Å². The van der Waals surface area contributed by atoms with E-state index in [2.05, 4.69) is 138 Å². The molecule has 2 heteroatoms. The highest BCUT2D eigenvalue weighted by Gasteiger charge is 2.15. The van der Waals surface area contributed by atoms with E-state index in [1.54, 1.807) is 0 Å². The van der Waals surface area contributed by atoms with Crippen molar-refractivity contribution >= 4 is 43.6 Å². The van der Waals surface area contributed by atoms with Gasteiger partial charge in [0.25, 0.3) is 0 Å². The molecule has 0 atom stereocenters. The number of para-hydroxylation sites is 3. The Balaban J connectivity index is 1.48. The molecule has 2 heterocycles. The van der Waals surface area contributed by atoms with Gasteiger partial charge >= 0.3 is 0 Å². The number of rotatable bonds is 3. The van der Waals surface area contributed by atoms with Gasteiger partial charge < -0.3 is 9.13 Å². The topological polar surface area (TPSA) is 9.86 Å². The molecule has 7 rings (SSSR count). The molecule has 0 bridgehead atoms. The fourth-order valence-corrected chi connectivity index (χ4v) is 5.75. The SMILES string of the molecule is CC(C)n1c2ccccc2c2cc(-c3ccc4c(c3)c3ccccc3n4-c3ccccc3)ccc21. The van der Waals surface area contributed by atoms with Crippen LogP contribution in [-0.4, -0.2) is 9.13 Å². The predicted molar refractivity (Wildman–Crippen MR) is 150 cm³/mol. The van der Waals surface area contributed by atoms with Crippen LogP contribution >= 0.6 is 0 Å². The lowest BCUT2D eigenvalue weighted by atomic mass is 10.0. The van der Waals surface area contributed by atoms with E-state index in [0.717, 1.165) is 0 Å². The molecule has 0 radical (unpaired) electrons. The van der Waals surface area contributed by atoms with Gasteiger partial charge in [-0.05, 0) is 73.5 Å². The molecule has 0 unspecified atom stereocenters. The smallest absolute Gasteiger partial charge is 0.0541 e. The Hall–Kier alpha value is -4.30. The third kappa shape index (κ3) is 2.96. The number of benzene rings is 5. The van der Waals surface area contributed by atoms with Crippen LogP contribution in [0.4, 0.5) is 0 Å². The first-order valence-corrected chi connectivity index (χ1v) is 12.3. The Morgan fingerprint density at radius 1 is 0.457 bits per heavy atom. The molecular formula is C33H26N2. The van der Waals surface area contributed by atoms with Gasteiger partial charge in [-0.1, -0.05) is 66.7 Å². The van der Waals surface area contributed by atoms with Gasteiger partial charge in [-0.2, -0.15) is 0 Å².